The lowest BCUT2D eigenvalue weighted by atomic mass is 10.2. The number of amides is 2. The Morgan fingerprint density at radius 2 is 2.12 bits per heavy atom. The van der Waals surface area contributed by atoms with Gasteiger partial charge in [-0.1, -0.05) is 18.7 Å². The molecule has 24 heavy (non-hydrogen) atoms. The molecule has 0 spiro atoms. The number of anilines is 1. The van der Waals surface area contributed by atoms with Gasteiger partial charge < -0.3 is 24.8 Å². The summed E-state index contributed by atoms with van der Waals surface area (Å²) in [6.07, 6.45) is -1.03. The molecule has 1 aromatic carbocycles. The predicted molar refractivity (Wildman–Crippen MR) is 93.4 cm³/mol. The maximum atomic E-state index is 12.5. The molecule has 1 heterocycles. The molecule has 0 radical (unpaired) electrons. The number of urea groups is 1. The minimum Gasteiger partial charge on any atom is -0.487 e. The van der Waals surface area contributed by atoms with E-state index in [1.54, 1.807) is 17.0 Å². The number of hydrogen-bond acceptors (Lipinski definition) is 4. The van der Waals surface area contributed by atoms with E-state index < -0.39 is 6.10 Å². The predicted octanol–water partition coefficient (Wildman–Crippen LogP) is 2.64. The topological polar surface area (TPSA) is 71.0 Å². The van der Waals surface area contributed by atoms with Crippen molar-refractivity contribution >= 4 is 11.7 Å². The van der Waals surface area contributed by atoms with Gasteiger partial charge in [-0.2, -0.15) is 0 Å². The Balaban J connectivity index is 1.99. The number of para-hydroxylation sites is 2. The molecule has 0 aliphatic carbocycles. The van der Waals surface area contributed by atoms with Gasteiger partial charge in [-0.05, 0) is 38.5 Å². The van der Waals surface area contributed by atoms with Crippen LogP contribution in [-0.4, -0.2) is 54.0 Å². The molecule has 0 aromatic heterocycles. The van der Waals surface area contributed by atoms with Gasteiger partial charge in [0.1, 0.15) is 18.5 Å². The number of hydrogen-bond donors (Lipinski definition) is 2. The molecule has 2 atom stereocenters. The van der Waals surface area contributed by atoms with Crippen LogP contribution < -0.4 is 10.1 Å². The van der Waals surface area contributed by atoms with Crippen LogP contribution in [0.25, 0.3) is 0 Å². The van der Waals surface area contributed by atoms with Gasteiger partial charge in [0.05, 0.1) is 31.0 Å². The quantitative estimate of drug-likeness (QED) is 0.785. The van der Waals surface area contributed by atoms with Crippen LogP contribution in [0, 0.1) is 0 Å². The van der Waals surface area contributed by atoms with E-state index in [1.165, 1.54) is 0 Å². The molecular formula is C18H26N2O4. The van der Waals surface area contributed by atoms with Crippen molar-refractivity contribution in [3.63, 3.8) is 0 Å². The summed E-state index contributed by atoms with van der Waals surface area (Å²) in [6, 6.07) is 6.96. The minimum absolute atomic E-state index is 0.00364. The second-order valence-electron chi connectivity index (χ2n) is 6.37. The van der Waals surface area contributed by atoms with E-state index in [2.05, 4.69) is 11.9 Å². The Bertz CT molecular complexity index is 588. The van der Waals surface area contributed by atoms with Crippen LogP contribution >= 0.6 is 0 Å². The van der Waals surface area contributed by atoms with Crippen molar-refractivity contribution in [2.45, 2.75) is 39.1 Å². The third-order valence-corrected chi connectivity index (χ3v) is 3.57. The Hall–Kier alpha value is -2.05. The van der Waals surface area contributed by atoms with Crippen LogP contribution in [0.2, 0.25) is 0 Å². The lowest BCUT2D eigenvalue weighted by Crippen LogP contribution is -2.34. The van der Waals surface area contributed by atoms with Gasteiger partial charge >= 0.3 is 6.03 Å². The summed E-state index contributed by atoms with van der Waals surface area (Å²) in [5, 5.41) is 12.9. The van der Waals surface area contributed by atoms with E-state index in [-0.39, 0.29) is 24.8 Å². The van der Waals surface area contributed by atoms with Gasteiger partial charge in [-0.15, -0.1) is 0 Å². The first kappa shape index (κ1) is 18.3. The van der Waals surface area contributed by atoms with Crippen molar-refractivity contribution in [3.8, 4) is 5.75 Å². The SMILES string of the molecule is C=C(C)COc1ccccc1NC(=O)N1CC(O)C(OC(C)C)C1. The highest BCUT2D eigenvalue weighted by Crippen LogP contribution is 2.25. The largest absolute Gasteiger partial charge is 0.487 e. The van der Waals surface area contributed by atoms with E-state index in [9.17, 15) is 9.90 Å². The first-order valence-electron chi connectivity index (χ1n) is 8.12. The first-order chi connectivity index (χ1) is 11.4. The normalized spacial score (nSPS) is 20.3. The fourth-order valence-electron chi connectivity index (χ4n) is 2.50. The summed E-state index contributed by atoms with van der Waals surface area (Å²) in [5.74, 6) is 0.587. The van der Waals surface area contributed by atoms with Crippen molar-refractivity contribution < 1.29 is 19.4 Å². The molecule has 1 aliphatic rings. The summed E-state index contributed by atoms with van der Waals surface area (Å²) in [4.78, 5) is 14.0. The van der Waals surface area contributed by atoms with Crippen LogP contribution in [0.5, 0.6) is 5.75 Å². The molecule has 1 saturated heterocycles. The Morgan fingerprint density at radius 3 is 2.79 bits per heavy atom. The van der Waals surface area contributed by atoms with Crippen molar-refractivity contribution in [2.75, 3.05) is 25.0 Å². The molecule has 6 heteroatoms. The molecule has 2 amide bonds. The maximum absolute atomic E-state index is 12.5. The number of β-amino-alcohol motifs (C(OH)–C–C–N with tert-alkyl or cyclic N) is 1. The highest BCUT2D eigenvalue weighted by molar-refractivity contribution is 5.91. The van der Waals surface area contributed by atoms with Gasteiger partial charge in [-0.25, -0.2) is 4.79 Å². The highest BCUT2D eigenvalue weighted by atomic mass is 16.5. The number of carbonyl (C=O) groups excluding carboxylic acids is 1. The van der Waals surface area contributed by atoms with Crippen molar-refractivity contribution in [3.05, 3.63) is 36.4 Å². The summed E-state index contributed by atoms with van der Waals surface area (Å²) in [6.45, 7) is 10.5. The Kier molecular flexibility index (Phi) is 6.23. The Morgan fingerprint density at radius 1 is 1.42 bits per heavy atom. The van der Waals surface area contributed by atoms with Crippen LogP contribution in [0.1, 0.15) is 20.8 Å². The number of ether oxygens (including phenoxy) is 2. The average Bonchev–Trinajstić information content (AvgIpc) is 2.87. The fourth-order valence-corrected chi connectivity index (χ4v) is 2.50. The standard InChI is InChI=1S/C18H26N2O4/c1-12(2)11-23-16-8-6-5-7-14(16)19-18(22)20-9-15(21)17(10-20)24-13(3)4/h5-8,13,15,17,21H,1,9-11H2,2-4H3,(H,19,22). The molecule has 1 fully saturated rings. The molecule has 2 N–H and O–H groups in total. The lowest BCUT2D eigenvalue weighted by Gasteiger charge is -2.19. The number of aliphatic hydroxyl groups excluding tert-OH is 1. The fraction of sp³-hybridized carbons (Fsp3) is 0.500. The number of nitrogens with zero attached hydrogens (tertiary/aromatic N) is 1. The second-order valence-corrected chi connectivity index (χ2v) is 6.37. The van der Waals surface area contributed by atoms with Crippen molar-refractivity contribution in [1.29, 1.82) is 0 Å². The number of carbonyl (C=O) groups is 1. The second kappa shape index (κ2) is 8.17. The van der Waals surface area contributed by atoms with Gasteiger partial charge in [0.25, 0.3) is 0 Å². The minimum atomic E-state index is -0.673. The number of aliphatic hydroxyl groups is 1. The summed E-state index contributed by atoms with van der Waals surface area (Å²) in [7, 11) is 0. The maximum Gasteiger partial charge on any atom is 0.322 e. The smallest absolute Gasteiger partial charge is 0.322 e. The van der Waals surface area contributed by atoms with Crippen molar-refractivity contribution in [1.82, 2.24) is 4.90 Å². The molecular weight excluding hydrogens is 308 g/mol. The van der Waals surface area contributed by atoms with E-state index >= 15 is 0 Å². The molecule has 6 nitrogen and oxygen atoms in total. The zero-order valence-electron chi connectivity index (χ0n) is 14.5. The van der Waals surface area contributed by atoms with Gasteiger partial charge in [0.2, 0.25) is 0 Å². The molecule has 0 bridgehead atoms. The molecule has 132 valence electrons. The molecule has 0 saturated carbocycles. The van der Waals surface area contributed by atoms with E-state index in [0.717, 1.165) is 5.57 Å². The number of nitrogens with one attached hydrogen (secondary N) is 1. The van der Waals surface area contributed by atoms with Gasteiger partial charge in [-0.3, -0.25) is 0 Å². The summed E-state index contributed by atoms with van der Waals surface area (Å²) in [5.41, 5.74) is 1.49. The van der Waals surface area contributed by atoms with E-state index in [4.69, 9.17) is 9.47 Å². The molecule has 1 aromatic rings. The molecule has 1 aliphatic heterocycles. The number of likely N-dealkylation sites (tertiary alicyclic amines) is 1. The molecule has 2 unspecified atom stereocenters. The first-order valence-corrected chi connectivity index (χ1v) is 8.12. The number of benzene rings is 1. The monoisotopic (exact) mass is 334 g/mol. The third-order valence-electron chi connectivity index (χ3n) is 3.57. The van der Waals surface area contributed by atoms with E-state index in [0.29, 0.717) is 24.6 Å². The average molecular weight is 334 g/mol. The lowest BCUT2D eigenvalue weighted by molar-refractivity contribution is -0.0393. The van der Waals surface area contributed by atoms with Gasteiger partial charge in [0.15, 0.2) is 0 Å². The van der Waals surface area contributed by atoms with Gasteiger partial charge in [0, 0.05) is 0 Å². The van der Waals surface area contributed by atoms with Crippen LogP contribution in [0.15, 0.2) is 36.4 Å². The van der Waals surface area contributed by atoms with E-state index in [1.807, 2.05) is 32.9 Å². The summed E-state index contributed by atoms with van der Waals surface area (Å²) < 4.78 is 11.3. The third kappa shape index (κ3) is 4.97. The Labute approximate surface area is 143 Å². The summed E-state index contributed by atoms with van der Waals surface area (Å²) >= 11 is 0. The van der Waals surface area contributed by atoms with Crippen LogP contribution in [-0.2, 0) is 4.74 Å². The zero-order chi connectivity index (χ0) is 17.7. The van der Waals surface area contributed by atoms with Crippen molar-refractivity contribution in [2.24, 2.45) is 0 Å². The van der Waals surface area contributed by atoms with Crippen LogP contribution in [0.3, 0.4) is 0 Å². The zero-order valence-corrected chi connectivity index (χ0v) is 14.5. The highest BCUT2D eigenvalue weighted by Gasteiger charge is 2.35. The molecule has 2 rings (SSSR count). The number of rotatable bonds is 6. The van der Waals surface area contributed by atoms with Crippen LogP contribution in [0.4, 0.5) is 10.5 Å².